The number of urea groups is 1. The van der Waals surface area contributed by atoms with Crippen LogP contribution in [0.4, 0.5) is 4.79 Å². The summed E-state index contributed by atoms with van der Waals surface area (Å²) in [6.45, 7) is 4.20. The molecule has 0 radical (unpaired) electrons. The molecule has 6 nitrogen and oxygen atoms in total. The summed E-state index contributed by atoms with van der Waals surface area (Å²) in [5, 5.41) is 18.6. The average Bonchev–Trinajstić information content (AvgIpc) is 3.03. The molecule has 128 valence electrons. The lowest BCUT2D eigenvalue weighted by atomic mass is 10.0. The maximum atomic E-state index is 11.3. The minimum Gasteiger partial charge on any atom is -0.394 e. The van der Waals surface area contributed by atoms with Crippen LogP contribution in [0.25, 0.3) is 0 Å². The molecule has 0 aromatic carbocycles. The van der Waals surface area contributed by atoms with Gasteiger partial charge in [-0.1, -0.05) is 12.8 Å². The summed E-state index contributed by atoms with van der Waals surface area (Å²) >= 11 is 1.99. The Kier molecular flexibility index (Phi) is 7.79. The number of unbranched alkanes of at least 4 members (excludes halogenated alkanes) is 1. The van der Waals surface area contributed by atoms with Crippen molar-refractivity contribution in [2.45, 2.75) is 56.0 Å². The lowest BCUT2D eigenvalue weighted by Crippen LogP contribution is -2.36. The van der Waals surface area contributed by atoms with Crippen LogP contribution in [-0.4, -0.2) is 66.6 Å². The number of amides is 2. The second-order valence-corrected chi connectivity index (χ2v) is 7.37. The Morgan fingerprint density at radius 1 is 1.41 bits per heavy atom. The number of fused-ring (bicyclic) bond motifs is 1. The second-order valence-electron chi connectivity index (χ2n) is 6.10. The van der Waals surface area contributed by atoms with Crippen LogP contribution in [0.5, 0.6) is 0 Å². The quantitative estimate of drug-likeness (QED) is 0.331. The van der Waals surface area contributed by atoms with Gasteiger partial charge in [0.25, 0.3) is 0 Å². The first-order valence-electron chi connectivity index (χ1n) is 8.31. The number of nitrogens with one attached hydrogen (secondary N) is 3. The molecule has 4 atom stereocenters. The first-order chi connectivity index (χ1) is 10.7. The van der Waals surface area contributed by atoms with E-state index in [1.807, 2.05) is 11.8 Å². The van der Waals surface area contributed by atoms with Gasteiger partial charge in [-0.3, -0.25) is 0 Å². The van der Waals surface area contributed by atoms with E-state index in [4.69, 9.17) is 9.84 Å². The largest absolute Gasteiger partial charge is 0.394 e. The van der Waals surface area contributed by atoms with Gasteiger partial charge in [-0.25, -0.2) is 4.79 Å². The third kappa shape index (κ3) is 5.61. The van der Waals surface area contributed by atoms with Gasteiger partial charge in [-0.2, -0.15) is 11.8 Å². The Labute approximate surface area is 137 Å². The normalized spacial score (nSPS) is 28.3. The van der Waals surface area contributed by atoms with Crippen LogP contribution in [0.3, 0.4) is 0 Å². The third-order valence-electron chi connectivity index (χ3n) is 4.29. The number of carbonyl (C=O) groups excluding carboxylic acids is 1. The van der Waals surface area contributed by atoms with Gasteiger partial charge in [0.15, 0.2) is 0 Å². The van der Waals surface area contributed by atoms with E-state index >= 15 is 0 Å². The summed E-state index contributed by atoms with van der Waals surface area (Å²) in [7, 11) is 0. The number of carbonyl (C=O) groups is 1. The molecule has 0 spiro atoms. The van der Waals surface area contributed by atoms with Crippen molar-refractivity contribution in [2.75, 3.05) is 32.1 Å². The van der Waals surface area contributed by atoms with E-state index in [0.717, 1.165) is 18.7 Å². The minimum atomic E-state index is 0.00143. The maximum absolute atomic E-state index is 11.3. The molecule has 22 heavy (non-hydrogen) atoms. The van der Waals surface area contributed by atoms with E-state index in [0.29, 0.717) is 36.6 Å². The molecule has 2 amide bonds. The fraction of sp³-hybridized carbons (Fsp3) is 0.933. The van der Waals surface area contributed by atoms with Crippen LogP contribution >= 0.6 is 11.8 Å². The first-order valence-corrected chi connectivity index (χ1v) is 9.36. The molecule has 7 heteroatoms. The summed E-state index contributed by atoms with van der Waals surface area (Å²) in [5.74, 6) is 1.04. The molecule has 4 N–H and O–H groups in total. The lowest BCUT2D eigenvalue weighted by molar-refractivity contribution is 0.0926. The number of thioether (sulfide) groups is 1. The molecule has 0 aliphatic carbocycles. The number of aliphatic hydroxyl groups excluding tert-OH is 1. The predicted molar refractivity (Wildman–Crippen MR) is 89.3 cm³/mol. The lowest BCUT2D eigenvalue weighted by Gasteiger charge is -2.17. The Balaban J connectivity index is 1.48. The van der Waals surface area contributed by atoms with Crippen molar-refractivity contribution in [1.29, 1.82) is 0 Å². The highest BCUT2D eigenvalue weighted by Gasteiger charge is 2.42. The van der Waals surface area contributed by atoms with E-state index in [-0.39, 0.29) is 12.6 Å². The monoisotopic (exact) mass is 331 g/mol. The van der Waals surface area contributed by atoms with Crippen LogP contribution in [0, 0.1) is 0 Å². The smallest absolute Gasteiger partial charge is 0.315 e. The summed E-state index contributed by atoms with van der Waals surface area (Å²) in [6, 6.07) is 1.16. The number of aliphatic hydroxyl groups is 1. The van der Waals surface area contributed by atoms with E-state index in [2.05, 4.69) is 22.9 Å². The molecule has 0 saturated carbocycles. The third-order valence-corrected chi connectivity index (χ3v) is 5.80. The van der Waals surface area contributed by atoms with Crippen molar-refractivity contribution < 1.29 is 14.6 Å². The van der Waals surface area contributed by atoms with E-state index in [1.165, 1.54) is 19.3 Å². The van der Waals surface area contributed by atoms with Crippen molar-refractivity contribution in [2.24, 2.45) is 0 Å². The Bertz CT molecular complexity index is 346. The molecule has 2 aliphatic rings. The van der Waals surface area contributed by atoms with Crippen molar-refractivity contribution in [3.63, 3.8) is 0 Å². The fourth-order valence-corrected chi connectivity index (χ4v) is 4.63. The van der Waals surface area contributed by atoms with Gasteiger partial charge < -0.3 is 25.8 Å². The molecular weight excluding hydrogens is 302 g/mol. The summed E-state index contributed by atoms with van der Waals surface area (Å²) in [4.78, 5) is 11.3. The zero-order valence-electron chi connectivity index (χ0n) is 13.3. The zero-order chi connectivity index (χ0) is 15.8. The Morgan fingerprint density at radius 2 is 2.27 bits per heavy atom. The minimum absolute atomic E-state index is 0.00143. The van der Waals surface area contributed by atoms with Gasteiger partial charge in [-0.15, -0.1) is 0 Å². The van der Waals surface area contributed by atoms with E-state index < -0.39 is 0 Å². The van der Waals surface area contributed by atoms with Crippen LogP contribution in [0.15, 0.2) is 0 Å². The van der Waals surface area contributed by atoms with Crippen LogP contribution in [-0.2, 0) is 4.74 Å². The summed E-state index contributed by atoms with van der Waals surface area (Å²) in [5.41, 5.74) is 0. The SMILES string of the molecule is CC(CCCCC1SCC2NC(=O)NC21)NCCOCCO. The van der Waals surface area contributed by atoms with Gasteiger partial charge in [0.05, 0.1) is 31.9 Å². The number of hydrogen-bond donors (Lipinski definition) is 4. The topological polar surface area (TPSA) is 82.6 Å². The molecular formula is C15H29N3O3S. The fourth-order valence-electron chi connectivity index (χ4n) is 3.09. The molecule has 0 bridgehead atoms. The molecule has 2 rings (SSSR count). The Hall–Kier alpha value is -0.500. The maximum Gasteiger partial charge on any atom is 0.315 e. The van der Waals surface area contributed by atoms with Crippen LogP contribution < -0.4 is 16.0 Å². The van der Waals surface area contributed by atoms with Crippen molar-refractivity contribution in [3.8, 4) is 0 Å². The first kappa shape index (κ1) is 17.8. The number of ether oxygens (including phenoxy) is 1. The molecule has 2 fully saturated rings. The molecule has 2 saturated heterocycles. The van der Waals surface area contributed by atoms with Gasteiger partial charge in [-0.05, 0) is 19.8 Å². The van der Waals surface area contributed by atoms with Gasteiger partial charge in [0, 0.05) is 23.6 Å². The van der Waals surface area contributed by atoms with Crippen molar-refractivity contribution >= 4 is 17.8 Å². The highest BCUT2D eigenvalue weighted by atomic mass is 32.2. The molecule has 0 aromatic rings. The highest BCUT2D eigenvalue weighted by Crippen LogP contribution is 2.33. The summed E-state index contributed by atoms with van der Waals surface area (Å²) < 4.78 is 5.22. The van der Waals surface area contributed by atoms with Crippen molar-refractivity contribution in [1.82, 2.24) is 16.0 Å². The van der Waals surface area contributed by atoms with Gasteiger partial charge >= 0.3 is 6.03 Å². The van der Waals surface area contributed by atoms with Crippen LogP contribution in [0.1, 0.15) is 32.6 Å². The molecule has 0 aromatic heterocycles. The predicted octanol–water partition coefficient (Wildman–Crippen LogP) is 0.699. The molecule has 4 unspecified atom stereocenters. The molecule has 2 heterocycles. The number of rotatable bonds is 11. The van der Waals surface area contributed by atoms with E-state index in [9.17, 15) is 4.79 Å². The summed E-state index contributed by atoms with van der Waals surface area (Å²) in [6.07, 6.45) is 4.77. The van der Waals surface area contributed by atoms with Crippen LogP contribution in [0.2, 0.25) is 0 Å². The number of hydrogen-bond acceptors (Lipinski definition) is 5. The Morgan fingerprint density at radius 3 is 3.09 bits per heavy atom. The molecule has 2 aliphatic heterocycles. The average molecular weight is 331 g/mol. The van der Waals surface area contributed by atoms with E-state index in [1.54, 1.807) is 0 Å². The van der Waals surface area contributed by atoms with Gasteiger partial charge in [0.2, 0.25) is 0 Å². The highest BCUT2D eigenvalue weighted by molar-refractivity contribution is 8.00. The zero-order valence-corrected chi connectivity index (χ0v) is 14.2. The second kappa shape index (κ2) is 9.60. The van der Waals surface area contributed by atoms with Crippen molar-refractivity contribution in [3.05, 3.63) is 0 Å². The van der Waals surface area contributed by atoms with Gasteiger partial charge in [0.1, 0.15) is 0 Å². The standard InChI is InChI=1S/C15H29N3O3S/c1-11(16-6-8-21-9-7-19)4-2-3-5-13-14-12(10-22-13)17-15(20)18-14/h11-14,16,19H,2-10H2,1H3,(H2,17,18,20).